The van der Waals surface area contributed by atoms with Gasteiger partial charge in [-0.2, -0.15) is 0 Å². The Morgan fingerprint density at radius 1 is 0.229 bits per heavy atom. The van der Waals surface area contributed by atoms with Crippen molar-refractivity contribution in [1.82, 2.24) is 62.4 Å². The summed E-state index contributed by atoms with van der Waals surface area (Å²) in [6, 6.07) is 121. The van der Waals surface area contributed by atoms with Crippen LogP contribution >= 0.6 is 15.9 Å². The molecule has 1 aliphatic rings. The van der Waals surface area contributed by atoms with Crippen molar-refractivity contribution in [3.05, 3.63) is 367 Å². The molecule has 520 valence electrons. The van der Waals surface area contributed by atoms with E-state index in [4.69, 9.17) is 34.9 Å². The minimum Gasteiger partial charge on any atom is -0.309 e. The van der Waals surface area contributed by atoms with Gasteiger partial charge in [0.2, 0.25) is 11.6 Å². The molecule has 0 N–H and O–H groups in total. The van der Waals surface area contributed by atoms with Gasteiger partial charge in [-0.15, -0.1) is 0 Å². The summed E-state index contributed by atoms with van der Waals surface area (Å²) in [5, 5.41) is 2.35. The lowest BCUT2D eigenvalue weighted by molar-refractivity contribution is 1.07. The van der Waals surface area contributed by atoms with E-state index in [2.05, 4.69) is 244 Å². The van der Waals surface area contributed by atoms with Crippen LogP contribution in [0.15, 0.2) is 356 Å². The third-order valence-electron chi connectivity index (χ3n) is 20.0. The van der Waals surface area contributed by atoms with Gasteiger partial charge < -0.3 is 4.57 Å². The largest absolute Gasteiger partial charge is 0.309 e. The molecule has 13 nitrogen and oxygen atoms in total. The van der Waals surface area contributed by atoms with Crippen molar-refractivity contribution in [2.45, 2.75) is 21.3 Å². The SMILES string of the molecule is Brc1cccc(-c2nc(-c3ccccc3)nc(-c3ccccc3)n2)c1.C.C.c1ccc(-c2nc(-c3ccccc3)nc(-c3cccc(-n4c5ccccc5c5cc6c(cc54)n(-c4ccccc4)c4nc5ccccc5n64)c3)n2)cc1.c1ccc(-n2c3cc4c(cc3n3c5ccccc5nc23)-c2ccccc2C4)cc1. The molecule has 0 bridgehead atoms. The van der Waals surface area contributed by atoms with Crippen LogP contribution in [-0.4, -0.2) is 62.4 Å². The van der Waals surface area contributed by atoms with Crippen molar-refractivity contribution in [3.8, 4) is 96.5 Å². The number of imidazole rings is 4. The van der Waals surface area contributed by atoms with E-state index in [0.717, 1.165) is 117 Å². The van der Waals surface area contributed by atoms with Crippen LogP contribution in [0, 0.1) is 0 Å². The highest BCUT2D eigenvalue weighted by Gasteiger charge is 2.26. The van der Waals surface area contributed by atoms with Gasteiger partial charge >= 0.3 is 0 Å². The van der Waals surface area contributed by atoms with Gasteiger partial charge in [0.1, 0.15) is 0 Å². The molecule has 7 heterocycles. The third-order valence-corrected chi connectivity index (χ3v) is 20.5. The number of para-hydroxylation sites is 7. The van der Waals surface area contributed by atoms with E-state index in [0.29, 0.717) is 34.9 Å². The molecule has 14 aromatic carbocycles. The Hall–Kier alpha value is -14.1. The van der Waals surface area contributed by atoms with Gasteiger partial charge in [0.25, 0.3) is 0 Å². The maximum absolute atomic E-state index is 5.15. The van der Waals surface area contributed by atoms with Crippen molar-refractivity contribution in [3.63, 3.8) is 0 Å². The first-order valence-corrected chi connectivity index (χ1v) is 36.3. The lowest BCUT2D eigenvalue weighted by atomic mass is 10.1. The van der Waals surface area contributed by atoms with Crippen LogP contribution in [0.5, 0.6) is 0 Å². The van der Waals surface area contributed by atoms with Gasteiger partial charge in [-0.05, 0) is 132 Å². The summed E-state index contributed by atoms with van der Waals surface area (Å²) in [6.45, 7) is 0. The van der Waals surface area contributed by atoms with Crippen molar-refractivity contribution in [2.75, 3.05) is 0 Å². The molecule has 0 fully saturated rings. The number of aromatic nitrogens is 13. The number of benzene rings is 14. The van der Waals surface area contributed by atoms with Crippen LogP contribution in [0.2, 0.25) is 0 Å². The standard InChI is InChI=1S/C46H29N7.C26H17N3.C21H14BrN3.2CH4/c1-4-15-30(16-5-1)43-48-44(31-17-6-2-7-18-31)50-45(49-43)32-19-14-22-34(27-32)51-38-25-12-10-23-35(38)36-28-41-42(29-40(36)51)52(33-20-8-3-9-21-33)46-47-37-24-11-13-26-39(37)53(41)46;1-2-9-19(10-3-1)28-24-15-18-14-17-8-4-5-11-20(17)21(18)16-25(24)29-23-13-7-6-12-22(23)27-26(28)29;22-18-13-7-12-17(14-18)21-24-19(15-8-3-1-4-9-15)23-20(25-21)16-10-5-2-6-11-16;;/h1-29H;1-13,15-16H,14H2;1-14H;2*1H4. The van der Waals surface area contributed by atoms with Gasteiger partial charge in [-0.3, -0.25) is 17.9 Å². The summed E-state index contributed by atoms with van der Waals surface area (Å²) in [5.41, 5.74) is 25.4. The highest BCUT2D eigenvalue weighted by molar-refractivity contribution is 9.10. The van der Waals surface area contributed by atoms with Gasteiger partial charge in [0, 0.05) is 65.7 Å². The van der Waals surface area contributed by atoms with Crippen LogP contribution in [0.3, 0.4) is 0 Å². The average Bonchev–Trinajstić information content (AvgIpc) is 1.55. The molecule has 21 aromatic rings. The van der Waals surface area contributed by atoms with Crippen molar-refractivity contribution < 1.29 is 0 Å². The minimum absolute atomic E-state index is 0. The lowest BCUT2D eigenvalue weighted by Crippen LogP contribution is -2.01. The van der Waals surface area contributed by atoms with E-state index < -0.39 is 0 Å². The summed E-state index contributed by atoms with van der Waals surface area (Å²) in [6.07, 6.45) is 0.991. The second kappa shape index (κ2) is 28.1. The molecule has 109 heavy (non-hydrogen) atoms. The highest BCUT2D eigenvalue weighted by Crippen LogP contribution is 2.43. The fraction of sp³-hybridized carbons (Fsp3) is 0.0316. The first kappa shape index (κ1) is 66.8. The molecule has 0 spiro atoms. The molecule has 0 saturated carbocycles. The second-order valence-corrected chi connectivity index (χ2v) is 27.4. The number of hydrogen-bond donors (Lipinski definition) is 0. The number of nitrogens with zero attached hydrogens (tertiary/aromatic N) is 13. The Labute approximate surface area is 636 Å². The van der Waals surface area contributed by atoms with Gasteiger partial charge in [0.05, 0.1) is 55.2 Å². The van der Waals surface area contributed by atoms with Crippen molar-refractivity contribution >= 4 is 93.4 Å². The molecule has 22 rings (SSSR count). The summed E-state index contributed by atoms with van der Waals surface area (Å²) < 4.78 is 12.5. The van der Waals surface area contributed by atoms with Crippen LogP contribution in [-0.2, 0) is 6.42 Å². The third kappa shape index (κ3) is 11.9. The lowest BCUT2D eigenvalue weighted by Gasteiger charge is -2.12. The van der Waals surface area contributed by atoms with E-state index in [1.807, 2.05) is 152 Å². The zero-order valence-corrected chi connectivity index (χ0v) is 59.0. The van der Waals surface area contributed by atoms with E-state index in [-0.39, 0.29) is 14.9 Å². The first-order chi connectivity index (χ1) is 53.0. The first-order valence-electron chi connectivity index (χ1n) is 35.6. The Balaban J connectivity index is 0.000000126. The Kier molecular flexibility index (Phi) is 17.2. The van der Waals surface area contributed by atoms with E-state index >= 15 is 0 Å². The topological polar surface area (TPSA) is 127 Å². The normalized spacial score (nSPS) is 11.5. The summed E-state index contributed by atoms with van der Waals surface area (Å²) in [4.78, 5) is 39.2. The summed E-state index contributed by atoms with van der Waals surface area (Å²) >= 11 is 3.52. The highest BCUT2D eigenvalue weighted by atomic mass is 79.9. The fourth-order valence-corrected chi connectivity index (χ4v) is 15.5. The summed E-state index contributed by atoms with van der Waals surface area (Å²) in [5.74, 6) is 5.74. The van der Waals surface area contributed by atoms with Crippen LogP contribution in [0.1, 0.15) is 26.0 Å². The average molecular weight is 1470 g/mol. The smallest absolute Gasteiger partial charge is 0.220 e. The molecule has 0 atom stereocenters. The number of halogens is 1. The van der Waals surface area contributed by atoms with E-state index in [1.165, 1.54) is 44.1 Å². The predicted molar refractivity (Wildman–Crippen MR) is 449 cm³/mol. The van der Waals surface area contributed by atoms with Gasteiger partial charge in [0.15, 0.2) is 34.9 Å². The Bertz CT molecular complexity index is 6860. The monoisotopic (exact) mass is 1470 g/mol. The molecule has 1 aliphatic carbocycles. The Morgan fingerprint density at radius 3 is 1.12 bits per heavy atom. The van der Waals surface area contributed by atoms with E-state index in [1.54, 1.807) is 0 Å². The number of fused-ring (bicyclic) bond motifs is 16. The zero-order chi connectivity index (χ0) is 70.9. The van der Waals surface area contributed by atoms with Crippen molar-refractivity contribution in [2.24, 2.45) is 0 Å². The predicted octanol–water partition coefficient (Wildman–Crippen LogP) is 23.6. The van der Waals surface area contributed by atoms with Crippen molar-refractivity contribution in [1.29, 1.82) is 0 Å². The van der Waals surface area contributed by atoms with Gasteiger partial charge in [-0.25, -0.2) is 39.9 Å². The molecule has 14 heteroatoms. The molecule has 0 radical (unpaired) electrons. The molecule has 0 saturated heterocycles. The van der Waals surface area contributed by atoms with Crippen LogP contribution in [0.4, 0.5) is 0 Å². The quantitative estimate of drug-likeness (QED) is 0.140. The summed E-state index contributed by atoms with van der Waals surface area (Å²) in [7, 11) is 0. The maximum atomic E-state index is 5.15. The van der Waals surface area contributed by atoms with Crippen LogP contribution < -0.4 is 0 Å². The molecule has 0 amide bonds. The second-order valence-electron chi connectivity index (χ2n) is 26.5. The van der Waals surface area contributed by atoms with Crippen LogP contribution in [0.25, 0.3) is 174 Å². The molecule has 0 unspecified atom stereocenters. The molecule has 7 aromatic heterocycles. The van der Waals surface area contributed by atoms with E-state index in [9.17, 15) is 0 Å². The molecular weight excluding hydrogens is 1400 g/mol. The molecule has 0 aliphatic heterocycles. The fourth-order valence-electron chi connectivity index (χ4n) is 15.1. The number of rotatable bonds is 9. The zero-order valence-electron chi connectivity index (χ0n) is 57.4. The van der Waals surface area contributed by atoms with Gasteiger partial charge in [-0.1, -0.05) is 280 Å². The number of hydrogen-bond acceptors (Lipinski definition) is 8. The molecular formula is C95H68BrN13. The maximum Gasteiger partial charge on any atom is 0.220 e. The Morgan fingerprint density at radius 2 is 0.615 bits per heavy atom. The minimum atomic E-state index is 0.